The second-order valence-corrected chi connectivity index (χ2v) is 6.38. The van der Waals surface area contributed by atoms with E-state index >= 15 is 0 Å². The van der Waals surface area contributed by atoms with Gasteiger partial charge in [-0.1, -0.05) is 36.4 Å². The Labute approximate surface area is 160 Å². The maximum absolute atomic E-state index is 12.0. The molecule has 0 aromatic heterocycles. The SMILES string of the molecule is COC(=O)C(C)(C)[C@@H](N)c1ccc(OCc2ccccc2)c(OC)c1.Cl. The lowest BCUT2D eigenvalue weighted by atomic mass is 9.81. The largest absolute Gasteiger partial charge is 0.493 e. The topological polar surface area (TPSA) is 70.8 Å². The van der Waals surface area contributed by atoms with Gasteiger partial charge in [-0.25, -0.2) is 0 Å². The zero-order valence-corrected chi connectivity index (χ0v) is 16.3. The van der Waals surface area contributed by atoms with Crippen LogP contribution in [0.4, 0.5) is 0 Å². The fourth-order valence-corrected chi connectivity index (χ4v) is 2.54. The van der Waals surface area contributed by atoms with Crippen molar-refractivity contribution in [2.45, 2.75) is 26.5 Å². The molecule has 0 fully saturated rings. The van der Waals surface area contributed by atoms with Crippen LogP contribution in [0, 0.1) is 5.41 Å². The van der Waals surface area contributed by atoms with Crippen LogP contribution >= 0.6 is 12.4 Å². The lowest BCUT2D eigenvalue weighted by molar-refractivity contribution is -0.152. The maximum Gasteiger partial charge on any atom is 0.313 e. The highest BCUT2D eigenvalue weighted by molar-refractivity contribution is 5.85. The van der Waals surface area contributed by atoms with E-state index < -0.39 is 11.5 Å². The summed E-state index contributed by atoms with van der Waals surface area (Å²) in [6, 6.07) is 14.8. The first-order chi connectivity index (χ1) is 11.9. The van der Waals surface area contributed by atoms with Crippen molar-refractivity contribution >= 4 is 18.4 Å². The molecule has 6 heteroatoms. The van der Waals surface area contributed by atoms with Gasteiger partial charge in [0.05, 0.1) is 19.6 Å². The Kier molecular flexibility index (Phi) is 7.93. The number of esters is 1. The summed E-state index contributed by atoms with van der Waals surface area (Å²) in [6.07, 6.45) is 0. The fraction of sp³-hybridized carbons (Fsp3) is 0.350. The van der Waals surface area contributed by atoms with Crippen LogP contribution < -0.4 is 15.2 Å². The van der Waals surface area contributed by atoms with Gasteiger partial charge in [0.2, 0.25) is 0 Å². The summed E-state index contributed by atoms with van der Waals surface area (Å²) >= 11 is 0. The van der Waals surface area contributed by atoms with Gasteiger partial charge in [-0.3, -0.25) is 4.79 Å². The number of rotatable bonds is 7. The normalized spacial score (nSPS) is 11.9. The maximum atomic E-state index is 12.0. The number of benzene rings is 2. The molecule has 0 spiro atoms. The Bertz CT molecular complexity index is 719. The Morgan fingerprint density at radius 3 is 2.31 bits per heavy atom. The lowest BCUT2D eigenvalue weighted by Crippen LogP contribution is -2.37. The molecule has 0 radical (unpaired) electrons. The molecule has 2 aromatic carbocycles. The van der Waals surface area contributed by atoms with Crippen LogP contribution in [-0.2, 0) is 16.1 Å². The number of hydrogen-bond donors (Lipinski definition) is 1. The van der Waals surface area contributed by atoms with Crippen LogP contribution in [0.1, 0.15) is 31.0 Å². The van der Waals surface area contributed by atoms with Crippen LogP contribution in [0.25, 0.3) is 0 Å². The van der Waals surface area contributed by atoms with Crippen LogP contribution in [-0.4, -0.2) is 20.2 Å². The monoisotopic (exact) mass is 379 g/mol. The van der Waals surface area contributed by atoms with Crippen molar-refractivity contribution in [2.75, 3.05) is 14.2 Å². The molecule has 0 aliphatic heterocycles. The Hall–Kier alpha value is -2.24. The lowest BCUT2D eigenvalue weighted by Gasteiger charge is -2.29. The number of halogens is 1. The van der Waals surface area contributed by atoms with Gasteiger partial charge in [-0.15, -0.1) is 12.4 Å². The van der Waals surface area contributed by atoms with Gasteiger partial charge in [0.25, 0.3) is 0 Å². The number of carbonyl (C=O) groups excluding carboxylic acids is 1. The second kappa shape index (κ2) is 9.46. The van der Waals surface area contributed by atoms with Crippen molar-refractivity contribution in [3.8, 4) is 11.5 Å². The molecule has 0 saturated carbocycles. The summed E-state index contributed by atoms with van der Waals surface area (Å²) < 4.78 is 16.1. The number of carbonyl (C=O) groups is 1. The van der Waals surface area contributed by atoms with E-state index in [1.807, 2.05) is 42.5 Å². The van der Waals surface area contributed by atoms with Crippen molar-refractivity contribution in [1.82, 2.24) is 0 Å². The number of methoxy groups -OCH3 is 2. The van der Waals surface area contributed by atoms with Gasteiger partial charge in [-0.05, 0) is 37.1 Å². The zero-order chi connectivity index (χ0) is 18.4. The van der Waals surface area contributed by atoms with E-state index in [4.69, 9.17) is 19.9 Å². The molecule has 1 atom stereocenters. The molecule has 0 unspecified atom stereocenters. The molecule has 0 amide bonds. The molecule has 5 nitrogen and oxygen atoms in total. The Morgan fingerprint density at radius 1 is 1.08 bits per heavy atom. The molecule has 0 heterocycles. The zero-order valence-electron chi connectivity index (χ0n) is 15.5. The molecule has 0 aliphatic carbocycles. The third kappa shape index (κ3) is 4.90. The minimum absolute atomic E-state index is 0. The Balaban J connectivity index is 0.00000338. The molecule has 142 valence electrons. The highest BCUT2D eigenvalue weighted by Crippen LogP contribution is 2.37. The molecule has 26 heavy (non-hydrogen) atoms. The minimum atomic E-state index is -0.855. The Morgan fingerprint density at radius 2 is 1.73 bits per heavy atom. The molecule has 0 bridgehead atoms. The van der Waals surface area contributed by atoms with Gasteiger partial charge in [0, 0.05) is 6.04 Å². The first-order valence-electron chi connectivity index (χ1n) is 8.08. The van der Waals surface area contributed by atoms with Crippen LogP contribution in [0.15, 0.2) is 48.5 Å². The molecular weight excluding hydrogens is 354 g/mol. The molecule has 2 rings (SSSR count). The molecule has 2 N–H and O–H groups in total. The number of nitrogens with two attached hydrogens (primary N) is 1. The summed E-state index contributed by atoms with van der Waals surface area (Å²) in [6.45, 7) is 3.96. The van der Waals surface area contributed by atoms with Crippen molar-refractivity contribution in [1.29, 1.82) is 0 Å². The quantitative estimate of drug-likeness (QED) is 0.739. The first kappa shape index (κ1) is 21.8. The predicted octanol–water partition coefficient (Wildman–Crippen LogP) is 3.90. The molecular formula is C20H26ClNO4. The predicted molar refractivity (Wildman–Crippen MR) is 104 cm³/mol. The van der Waals surface area contributed by atoms with Crippen molar-refractivity contribution in [2.24, 2.45) is 11.1 Å². The van der Waals surface area contributed by atoms with E-state index in [2.05, 4.69) is 0 Å². The van der Waals surface area contributed by atoms with E-state index in [0.29, 0.717) is 18.1 Å². The van der Waals surface area contributed by atoms with Gasteiger partial charge in [0.15, 0.2) is 11.5 Å². The fourth-order valence-electron chi connectivity index (χ4n) is 2.54. The van der Waals surface area contributed by atoms with Gasteiger partial charge in [-0.2, -0.15) is 0 Å². The van der Waals surface area contributed by atoms with Crippen LogP contribution in [0.2, 0.25) is 0 Å². The first-order valence-corrected chi connectivity index (χ1v) is 8.08. The third-order valence-corrected chi connectivity index (χ3v) is 4.27. The summed E-state index contributed by atoms with van der Waals surface area (Å²) in [7, 11) is 2.93. The van der Waals surface area contributed by atoms with Gasteiger partial charge < -0.3 is 19.9 Å². The number of ether oxygens (including phenoxy) is 3. The smallest absolute Gasteiger partial charge is 0.313 e. The molecule has 2 aromatic rings. The highest BCUT2D eigenvalue weighted by atomic mass is 35.5. The number of hydrogen-bond acceptors (Lipinski definition) is 5. The van der Waals surface area contributed by atoms with E-state index in [9.17, 15) is 4.79 Å². The van der Waals surface area contributed by atoms with E-state index in [-0.39, 0.29) is 18.4 Å². The average Bonchev–Trinajstić information content (AvgIpc) is 2.65. The summed E-state index contributed by atoms with van der Waals surface area (Å²) in [5.74, 6) is 0.839. The average molecular weight is 380 g/mol. The molecule has 0 saturated heterocycles. The minimum Gasteiger partial charge on any atom is -0.493 e. The van der Waals surface area contributed by atoms with Crippen molar-refractivity contribution < 1.29 is 19.0 Å². The van der Waals surface area contributed by atoms with Crippen molar-refractivity contribution in [3.05, 3.63) is 59.7 Å². The summed E-state index contributed by atoms with van der Waals surface area (Å²) in [5, 5.41) is 0. The van der Waals surface area contributed by atoms with Crippen molar-refractivity contribution in [3.63, 3.8) is 0 Å². The van der Waals surface area contributed by atoms with E-state index in [0.717, 1.165) is 11.1 Å². The van der Waals surface area contributed by atoms with Crippen LogP contribution in [0.5, 0.6) is 11.5 Å². The second-order valence-electron chi connectivity index (χ2n) is 6.38. The third-order valence-electron chi connectivity index (χ3n) is 4.27. The van der Waals surface area contributed by atoms with E-state index in [1.165, 1.54) is 7.11 Å². The van der Waals surface area contributed by atoms with Gasteiger partial charge >= 0.3 is 5.97 Å². The standard InChI is InChI=1S/C20H25NO4.ClH/c1-20(2,19(22)24-4)18(21)15-10-11-16(17(12-15)23-3)25-13-14-8-6-5-7-9-14;/h5-12,18H,13,21H2,1-4H3;1H/t18-;/m0./s1. The summed E-state index contributed by atoms with van der Waals surface area (Å²) in [5.41, 5.74) is 7.28. The highest BCUT2D eigenvalue weighted by Gasteiger charge is 2.36. The van der Waals surface area contributed by atoms with Gasteiger partial charge in [0.1, 0.15) is 6.61 Å². The molecule has 0 aliphatic rings. The van der Waals surface area contributed by atoms with E-state index in [1.54, 1.807) is 27.0 Å². The van der Waals surface area contributed by atoms with Crippen LogP contribution in [0.3, 0.4) is 0 Å². The summed E-state index contributed by atoms with van der Waals surface area (Å²) in [4.78, 5) is 12.0.